The lowest BCUT2D eigenvalue weighted by Crippen LogP contribution is -2.18. The van der Waals surface area contributed by atoms with E-state index in [0.29, 0.717) is 12.5 Å². The second kappa shape index (κ2) is 12.7. The van der Waals surface area contributed by atoms with Crippen molar-refractivity contribution < 1.29 is 9.53 Å². The standard InChI is InChI=1S/C31H34N4O2/c1-4-27(23-12-8-7-9-13-23)31(24-15-17-28-26(20-24)22-33-34-28)25-16-18-29(32-21-25)37-19-11-6-5-10-14-30(36)35(2)3/h7-10,12-18,20-22H,4-6,11,19H2,1-3H3,(H,33,34)/b14-10+,31-27-. The number of carbonyl (C=O) groups is 1. The minimum Gasteiger partial charge on any atom is -0.478 e. The Balaban J connectivity index is 1.50. The summed E-state index contributed by atoms with van der Waals surface area (Å²) in [6.45, 7) is 2.78. The van der Waals surface area contributed by atoms with E-state index in [9.17, 15) is 4.79 Å². The Labute approximate surface area is 218 Å². The number of benzene rings is 2. The Morgan fingerprint density at radius 2 is 1.78 bits per heavy atom. The average Bonchev–Trinajstić information content (AvgIpc) is 3.40. The predicted octanol–water partition coefficient (Wildman–Crippen LogP) is 6.52. The molecular weight excluding hydrogens is 460 g/mol. The van der Waals surface area contributed by atoms with Gasteiger partial charge in [0.05, 0.1) is 18.3 Å². The zero-order valence-corrected chi connectivity index (χ0v) is 21.8. The second-order valence-electron chi connectivity index (χ2n) is 9.11. The Bertz CT molecular complexity index is 1370. The number of H-pyrrole nitrogens is 1. The summed E-state index contributed by atoms with van der Waals surface area (Å²) in [5.74, 6) is 0.626. The van der Waals surface area contributed by atoms with Gasteiger partial charge in [-0.2, -0.15) is 5.10 Å². The van der Waals surface area contributed by atoms with Crippen LogP contribution in [0.25, 0.3) is 22.0 Å². The van der Waals surface area contributed by atoms with Crippen molar-refractivity contribution in [1.29, 1.82) is 0 Å². The first-order valence-electron chi connectivity index (χ1n) is 12.8. The van der Waals surface area contributed by atoms with Crippen LogP contribution in [0.15, 0.2) is 85.2 Å². The van der Waals surface area contributed by atoms with Crippen molar-refractivity contribution >= 4 is 28.0 Å². The van der Waals surface area contributed by atoms with E-state index >= 15 is 0 Å². The molecule has 0 radical (unpaired) electrons. The molecule has 0 bridgehead atoms. The smallest absolute Gasteiger partial charge is 0.245 e. The molecule has 4 aromatic rings. The number of amides is 1. The van der Waals surface area contributed by atoms with E-state index in [1.54, 1.807) is 25.1 Å². The molecule has 0 aliphatic carbocycles. The van der Waals surface area contributed by atoms with Gasteiger partial charge in [-0.1, -0.05) is 49.4 Å². The number of unbranched alkanes of at least 4 members (excludes halogenated alkanes) is 2. The van der Waals surface area contributed by atoms with Crippen molar-refractivity contribution in [2.75, 3.05) is 20.7 Å². The predicted molar refractivity (Wildman–Crippen MR) is 150 cm³/mol. The number of carbonyl (C=O) groups excluding carboxylic acids is 1. The van der Waals surface area contributed by atoms with Gasteiger partial charge in [0, 0.05) is 37.3 Å². The molecule has 2 aromatic heterocycles. The monoisotopic (exact) mass is 494 g/mol. The fourth-order valence-electron chi connectivity index (χ4n) is 4.27. The van der Waals surface area contributed by atoms with Crippen LogP contribution in [0.5, 0.6) is 5.88 Å². The summed E-state index contributed by atoms with van der Waals surface area (Å²) in [5.41, 5.74) is 6.82. The van der Waals surface area contributed by atoms with E-state index in [-0.39, 0.29) is 5.91 Å². The van der Waals surface area contributed by atoms with E-state index in [0.717, 1.165) is 53.3 Å². The first-order chi connectivity index (χ1) is 18.1. The molecule has 4 rings (SSSR count). The molecule has 0 atom stereocenters. The van der Waals surface area contributed by atoms with E-state index in [4.69, 9.17) is 4.74 Å². The van der Waals surface area contributed by atoms with Gasteiger partial charge in [0.2, 0.25) is 11.8 Å². The molecule has 190 valence electrons. The lowest BCUT2D eigenvalue weighted by molar-refractivity contribution is -0.123. The van der Waals surface area contributed by atoms with Crippen molar-refractivity contribution in [3.05, 3.63) is 102 Å². The number of hydrogen-bond donors (Lipinski definition) is 1. The van der Waals surface area contributed by atoms with Crippen LogP contribution in [0.1, 0.15) is 49.3 Å². The van der Waals surface area contributed by atoms with Crippen LogP contribution in [-0.2, 0) is 4.79 Å². The Hall–Kier alpha value is -4.19. The van der Waals surface area contributed by atoms with E-state index in [1.165, 1.54) is 11.1 Å². The molecule has 0 unspecified atom stereocenters. The molecule has 0 saturated carbocycles. The molecule has 0 saturated heterocycles. The molecule has 0 fully saturated rings. The van der Waals surface area contributed by atoms with Crippen LogP contribution in [0, 0.1) is 0 Å². The highest BCUT2D eigenvalue weighted by Gasteiger charge is 2.14. The molecule has 0 aliphatic rings. The van der Waals surface area contributed by atoms with Crippen LogP contribution in [0.2, 0.25) is 0 Å². The molecule has 1 amide bonds. The number of allylic oxidation sites excluding steroid dienone is 2. The van der Waals surface area contributed by atoms with E-state index < -0.39 is 0 Å². The molecule has 37 heavy (non-hydrogen) atoms. The third kappa shape index (κ3) is 6.73. The van der Waals surface area contributed by atoms with Gasteiger partial charge in [-0.3, -0.25) is 9.89 Å². The largest absolute Gasteiger partial charge is 0.478 e. The summed E-state index contributed by atoms with van der Waals surface area (Å²) in [4.78, 5) is 17.8. The third-order valence-electron chi connectivity index (χ3n) is 6.25. The Kier molecular flexibility index (Phi) is 8.87. The SMILES string of the molecule is CC/C(=C(/c1ccc(OCCCC/C=C/C(=O)N(C)C)nc1)c1ccc2[nH]ncc2c1)c1ccccc1. The molecule has 0 aliphatic heterocycles. The van der Waals surface area contributed by atoms with Gasteiger partial charge in [-0.15, -0.1) is 0 Å². The average molecular weight is 495 g/mol. The number of aromatic nitrogens is 3. The zero-order valence-electron chi connectivity index (χ0n) is 21.8. The summed E-state index contributed by atoms with van der Waals surface area (Å²) in [5, 5.41) is 8.30. The molecular formula is C31H34N4O2. The maximum atomic E-state index is 11.6. The Morgan fingerprint density at radius 1 is 0.973 bits per heavy atom. The minimum atomic E-state index is 0.0112. The lowest BCUT2D eigenvalue weighted by Gasteiger charge is -2.16. The fourth-order valence-corrected chi connectivity index (χ4v) is 4.27. The molecule has 0 spiro atoms. The van der Waals surface area contributed by atoms with E-state index in [1.807, 2.05) is 30.6 Å². The highest BCUT2D eigenvalue weighted by Crippen LogP contribution is 2.35. The van der Waals surface area contributed by atoms with Crippen LogP contribution in [0.3, 0.4) is 0 Å². The molecule has 6 nitrogen and oxygen atoms in total. The Morgan fingerprint density at radius 3 is 2.51 bits per heavy atom. The third-order valence-corrected chi connectivity index (χ3v) is 6.25. The van der Waals surface area contributed by atoms with Crippen molar-refractivity contribution in [2.45, 2.75) is 32.6 Å². The van der Waals surface area contributed by atoms with Gasteiger partial charge in [-0.25, -0.2) is 4.98 Å². The normalized spacial score (nSPS) is 12.1. The molecule has 2 heterocycles. The number of likely N-dealkylation sites (N-methyl/N-ethyl adjacent to an activating group) is 1. The molecule has 6 heteroatoms. The second-order valence-corrected chi connectivity index (χ2v) is 9.11. The zero-order chi connectivity index (χ0) is 26.0. The maximum absolute atomic E-state index is 11.6. The number of rotatable bonds is 11. The van der Waals surface area contributed by atoms with E-state index in [2.05, 4.69) is 70.6 Å². The summed E-state index contributed by atoms with van der Waals surface area (Å²) >= 11 is 0. The topological polar surface area (TPSA) is 71.1 Å². The number of pyridine rings is 1. The van der Waals surface area contributed by atoms with Crippen molar-refractivity contribution in [3.63, 3.8) is 0 Å². The van der Waals surface area contributed by atoms with Crippen molar-refractivity contribution in [2.24, 2.45) is 0 Å². The quantitative estimate of drug-likeness (QED) is 0.146. The van der Waals surface area contributed by atoms with Gasteiger partial charge >= 0.3 is 0 Å². The van der Waals surface area contributed by atoms with Gasteiger partial charge in [0.25, 0.3) is 0 Å². The minimum absolute atomic E-state index is 0.0112. The number of fused-ring (bicyclic) bond motifs is 1. The van der Waals surface area contributed by atoms with Gasteiger partial charge in [-0.05, 0) is 72.2 Å². The van der Waals surface area contributed by atoms with Crippen LogP contribution >= 0.6 is 0 Å². The summed E-state index contributed by atoms with van der Waals surface area (Å²) < 4.78 is 5.89. The van der Waals surface area contributed by atoms with Crippen molar-refractivity contribution in [1.82, 2.24) is 20.1 Å². The number of ether oxygens (including phenoxy) is 1. The molecule has 1 N–H and O–H groups in total. The van der Waals surface area contributed by atoms with Crippen LogP contribution < -0.4 is 4.74 Å². The number of nitrogens with zero attached hydrogens (tertiary/aromatic N) is 3. The summed E-state index contributed by atoms with van der Waals surface area (Å²) in [7, 11) is 3.50. The van der Waals surface area contributed by atoms with Crippen LogP contribution in [0.4, 0.5) is 0 Å². The summed E-state index contributed by atoms with van der Waals surface area (Å²) in [6, 6.07) is 20.9. The highest BCUT2D eigenvalue weighted by atomic mass is 16.5. The van der Waals surface area contributed by atoms with Gasteiger partial charge < -0.3 is 9.64 Å². The highest BCUT2D eigenvalue weighted by molar-refractivity contribution is 6.00. The lowest BCUT2D eigenvalue weighted by atomic mass is 9.88. The maximum Gasteiger partial charge on any atom is 0.245 e. The molecule has 2 aromatic carbocycles. The first kappa shape index (κ1) is 25.9. The number of aromatic amines is 1. The van der Waals surface area contributed by atoms with Crippen molar-refractivity contribution in [3.8, 4) is 5.88 Å². The first-order valence-corrected chi connectivity index (χ1v) is 12.8. The fraction of sp³-hybridized carbons (Fsp3) is 0.258. The number of nitrogens with one attached hydrogen (secondary N) is 1. The van der Waals surface area contributed by atoms with Gasteiger partial charge in [0.1, 0.15) is 0 Å². The summed E-state index contributed by atoms with van der Waals surface area (Å²) in [6.07, 6.45) is 10.9. The number of hydrogen-bond acceptors (Lipinski definition) is 4. The van der Waals surface area contributed by atoms with Gasteiger partial charge in [0.15, 0.2) is 0 Å². The van der Waals surface area contributed by atoms with Crippen LogP contribution in [-0.4, -0.2) is 46.7 Å².